The van der Waals surface area contributed by atoms with Crippen LogP contribution in [0.25, 0.3) is 0 Å². The minimum atomic E-state index is 0. The van der Waals surface area contributed by atoms with Crippen molar-refractivity contribution in [3.8, 4) is 0 Å². The first-order valence-electron chi connectivity index (χ1n) is 9.09. The van der Waals surface area contributed by atoms with Crippen LogP contribution in [0, 0.1) is 0 Å². The molecule has 3 rings (SSSR count). The molecule has 1 heterocycles. The van der Waals surface area contributed by atoms with Gasteiger partial charge in [0, 0.05) is 44.8 Å². The quantitative estimate of drug-likeness (QED) is 0.817. The molecule has 2 N–H and O–H groups in total. The molecule has 0 saturated carbocycles. The predicted molar refractivity (Wildman–Crippen MR) is 109 cm³/mol. The summed E-state index contributed by atoms with van der Waals surface area (Å²) in [6, 6.07) is 18.3. The van der Waals surface area contributed by atoms with Crippen LogP contribution in [0.5, 0.6) is 0 Å². The predicted octanol–water partition coefficient (Wildman–Crippen LogP) is 3.36. The van der Waals surface area contributed by atoms with Gasteiger partial charge in [-0.15, -0.1) is 12.4 Å². The highest BCUT2D eigenvalue weighted by molar-refractivity contribution is 5.85. The number of amides is 1. The molecule has 2 aromatic carbocycles. The molecule has 0 aromatic heterocycles. The van der Waals surface area contributed by atoms with Crippen LogP contribution >= 0.6 is 12.4 Å². The average molecular weight is 374 g/mol. The molecule has 2 aromatic rings. The maximum Gasteiger partial charge on any atom is 0.222 e. The Labute approximate surface area is 162 Å². The minimum absolute atomic E-state index is 0. The fraction of sp³-hybridized carbons (Fsp3) is 0.381. The monoisotopic (exact) mass is 373 g/mol. The molecular weight excluding hydrogens is 346 g/mol. The Morgan fingerprint density at radius 2 is 1.69 bits per heavy atom. The number of carbonyl (C=O) groups excluding carboxylic acids is 1. The number of halogens is 1. The van der Waals surface area contributed by atoms with Gasteiger partial charge in [0.15, 0.2) is 0 Å². The van der Waals surface area contributed by atoms with Crippen LogP contribution in [-0.4, -0.2) is 41.9 Å². The number of hydrogen-bond donors (Lipinski definition) is 1. The molecule has 0 bridgehead atoms. The number of nitrogen functional groups attached to an aromatic ring is 1. The van der Waals surface area contributed by atoms with E-state index < -0.39 is 0 Å². The molecule has 26 heavy (non-hydrogen) atoms. The van der Waals surface area contributed by atoms with Gasteiger partial charge in [-0.05, 0) is 36.1 Å². The molecule has 4 nitrogen and oxygen atoms in total. The first-order chi connectivity index (χ1) is 12.2. The molecule has 0 spiro atoms. The van der Waals surface area contributed by atoms with Crippen molar-refractivity contribution in [1.29, 1.82) is 0 Å². The van der Waals surface area contributed by atoms with Gasteiger partial charge in [-0.25, -0.2) is 0 Å². The van der Waals surface area contributed by atoms with Crippen LogP contribution in [0.4, 0.5) is 5.69 Å². The van der Waals surface area contributed by atoms with Gasteiger partial charge in [0.1, 0.15) is 0 Å². The zero-order valence-electron chi connectivity index (χ0n) is 15.1. The largest absolute Gasteiger partial charge is 0.399 e. The van der Waals surface area contributed by atoms with Crippen molar-refractivity contribution in [1.82, 2.24) is 9.80 Å². The van der Waals surface area contributed by atoms with Crippen LogP contribution in [-0.2, 0) is 17.8 Å². The number of nitrogens with zero attached hydrogens (tertiary/aromatic N) is 2. The van der Waals surface area contributed by atoms with Gasteiger partial charge in [-0.1, -0.05) is 42.5 Å². The van der Waals surface area contributed by atoms with Crippen molar-refractivity contribution in [3.05, 3.63) is 65.7 Å². The van der Waals surface area contributed by atoms with Crippen LogP contribution < -0.4 is 5.73 Å². The Morgan fingerprint density at radius 1 is 0.923 bits per heavy atom. The molecule has 0 atom stereocenters. The lowest BCUT2D eigenvalue weighted by Gasteiger charge is -2.22. The number of aryl methyl sites for hydroxylation is 1. The summed E-state index contributed by atoms with van der Waals surface area (Å²) in [6.07, 6.45) is 2.45. The third-order valence-corrected chi connectivity index (χ3v) is 4.77. The van der Waals surface area contributed by atoms with Gasteiger partial charge in [0.25, 0.3) is 0 Å². The SMILES string of the molecule is Cl.Nc1cccc(CN2CCCN(C(=O)CCc3ccccc3)CC2)c1. The van der Waals surface area contributed by atoms with Crippen LogP contribution in [0.2, 0.25) is 0 Å². The molecule has 1 aliphatic rings. The van der Waals surface area contributed by atoms with Crippen LogP contribution in [0.1, 0.15) is 24.0 Å². The number of carbonyl (C=O) groups is 1. The van der Waals surface area contributed by atoms with E-state index in [-0.39, 0.29) is 18.3 Å². The van der Waals surface area contributed by atoms with E-state index in [2.05, 4.69) is 23.1 Å². The second-order valence-corrected chi connectivity index (χ2v) is 6.74. The summed E-state index contributed by atoms with van der Waals surface area (Å²) in [5.41, 5.74) is 9.15. The van der Waals surface area contributed by atoms with E-state index in [0.717, 1.165) is 51.3 Å². The fourth-order valence-electron chi connectivity index (χ4n) is 3.38. The lowest BCUT2D eigenvalue weighted by molar-refractivity contribution is -0.131. The summed E-state index contributed by atoms with van der Waals surface area (Å²) in [6.45, 7) is 4.53. The number of anilines is 1. The normalized spacial score (nSPS) is 15.2. The van der Waals surface area contributed by atoms with Crippen molar-refractivity contribution >= 4 is 24.0 Å². The lowest BCUT2D eigenvalue weighted by Crippen LogP contribution is -2.35. The van der Waals surface area contributed by atoms with Crippen LogP contribution in [0.15, 0.2) is 54.6 Å². The van der Waals surface area contributed by atoms with Crippen LogP contribution in [0.3, 0.4) is 0 Å². The Bertz CT molecular complexity index is 693. The van der Waals surface area contributed by atoms with E-state index in [9.17, 15) is 4.79 Å². The van der Waals surface area contributed by atoms with E-state index in [1.807, 2.05) is 41.3 Å². The highest BCUT2D eigenvalue weighted by Gasteiger charge is 2.19. The smallest absolute Gasteiger partial charge is 0.222 e. The molecule has 1 saturated heterocycles. The molecule has 140 valence electrons. The minimum Gasteiger partial charge on any atom is -0.399 e. The highest BCUT2D eigenvalue weighted by Crippen LogP contribution is 2.13. The summed E-state index contributed by atoms with van der Waals surface area (Å²) >= 11 is 0. The van der Waals surface area contributed by atoms with Gasteiger partial charge < -0.3 is 10.6 Å². The van der Waals surface area contributed by atoms with Gasteiger partial charge in [0.05, 0.1) is 0 Å². The maximum absolute atomic E-state index is 12.5. The summed E-state index contributed by atoms with van der Waals surface area (Å²) in [4.78, 5) is 17.0. The third-order valence-electron chi connectivity index (χ3n) is 4.77. The number of benzene rings is 2. The fourth-order valence-corrected chi connectivity index (χ4v) is 3.38. The first kappa shape index (κ1) is 20.3. The van der Waals surface area contributed by atoms with Gasteiger partial charge in [-0.3, -0.25) is 9.69 Å². The number of hydrogen-bond acceptors (Lipinski definition) is 3. The van der Waals surface area contributed by atoms with Crippen molar-refractivity contribution in [2.45, 2.75) is 25.8 Å². The molecule has 0 aliphatic carbocycles. The van der Waals surface area contributed by atoms with Gasteiger partial charge >= 0.3 is 0 Å². The summed E-state index contributed by atoms with van der Waals surface area (Å²) in [5.74, 6) is 0.273. The molecule has 0 radical (unpaired) electrons. The zero-order chi connectivity index (χ0) is 17.5. The average Bonchev–Trinajstić information content (AvgIpc) is 2.86. The molecule has 1 amide bonds. The lowest BCUT2D eigenvalue weighted by atomic mass is 10.1. The van der Waals surface area contributed by atoms with Gasteiger partial charge in [-0.2, -0.15) is 0 Å². The Kier molecular flexibility index (Phi) is 7.95. The standard InChI is InChI=1S/C21H27N3O.ClH/c22-20-9-4-8-19(16-20)17-23-12-5-13-24(15-14-23)21(25)11-10-18-6-2-1-3-7-18;/h1-4,6-9,16H,5,10-15,17,22H2;1H. The zero-order valence-corrected chi connectivity index (χ0v) is 16.0. The van der Waals surface area contributed by atoms with Crippen molar-refractivity contribution < 1.29 is 4.79 Å². The second-order valence-electron chi connectivity index (χ2n) is 6.74. The molecular formula is C21H28ClN3O. The third kappa shape index (κ3) is 6.04. The Morgan fingerprint density at radius 3 is 2.46 bits per heavy atom. The van der Waals surface area contributed by atoms with Crippen molar-refractivity contribution in [3.63, 3.8) is 0 Å². The molecule has 5 heteroatoms. The van der Waals surface area contributed by atoms with Crippen molar-refractivity contribution in [2.24, 2.45) is 0 Å². The van der Waals surface area contributed by atoms with E-state index in [4.69, 9.17) is 5.73 Å². The topological polar surface area (TPSA) is 49.6 Å². The molecule has 1 fully saturated rings. The summed E-state index contributed by atoms with van der Waals surface area (Å²) in [7, 11) is 0. The number of rotatable bonds is 5. The van der Waals surface area contributed by atoms with E-state index in [1.165, 1.54) is 11.1 Å². The molecule has 0 unspecified atom stereocenters. The van der Waals surface area contributed by atoms with E-state index in [1.54, 1.807) is 0 Å². The van der Waals surface area contributed by atoms with E-state index in [0.29, 0.717) is 6.42 Å². The van der Waals surface area contributed by atoms with Crippen molar-refractivity contribution in [2.75, 3.05) is 31.9 Å². The summed E-state index contributed by atoms with van der Waals surface area (Å²) in [5, 5.41) is 0. The second kappa shape index (κ2) is 10.2. The Hall–Kier alpha value is -2.04. The van der Waals surface area contributed by atoms with E-state index >= 15 is 0 Å². The molecule has 1 aliphatic heterocycles. The highest BCUT2D eigenvalue weighted by atomic mass is 35.5. The first-order valence-corrected chi connectivity index (χ1v) is 9.09. The van der Waals surface area contributed by atoms with Gasteiger partial charge in [0.2, 0.25) is 5.91 Å². The summed E-state index contributed by atoms with van der Waals surface area (Å²) < 4.78 is 0. The maximum atomic E-state index is 12.5. The Balaban J connectivity index is 0.00000243. The number of nitrogens with two attached hydrogens (primary N) is 1.